The Labute approximate surface area is 114 Å². The van der Waals surface area contributed by atoms with Crippen molar-refractivity contribution >= 4 is 11.6 Å². The molecule has 0 unspecified atom stereocenters. The van der Waals surface area contributed by atoms with E-state index in [0.29, 0.717) is 5.56 Å². The molecule has 0 atom stereocenters. The van der Waals surface area contributed by atoms with Crippen LogP contribution >= 0.6 is 0 Å². The maximum Gasteiger partial charge on any atom is 0.416 e. The summed E-state index contributed by atoms with van der Waals surface area (Å²) in [6, 6.07) is 12.0. The lowest BCUT2D eigenvalue weighted by Crippen LogP contribution is -2.15. The predicted octanol–water partition coefficient (Wildman–Crippen LogP) is 4.27. The van der Waals surface area contributed by atoms with Gasteiger partial charge in [0.15, 0.2) is 0 Å². The molecule has 0 radical (unpaired) electrons. The number of hydrogen-bond donors (Lipinski definition) is 1. The maximum absolute atomic E-state index is 12.8. The van der Waals surface area contributed by atoms with E-state index in [2.05, 4.69) is 5.32 Å². The fraction of sp³-hybridized carbons (Fsp3) is 0.133. The van der Waals surface area contributed by atoms with Crippen molar-refractivity contribution in [3.05, 3.63) is 65.2 Å². The second-order valence-electron chi connectivity index (χ2n) is 4.30. The molecule has 0 heterocycles. The monoisotopic (exact) mass is 279 g/mol. The van der Waals surface area contributed by atoms with Crippen LogP contribution in [0.2, 0.25) is 0 Å². The molecule has 2 aromatic rings. The van der Waals surface area contributed by atoms with Crippen molar-refractivity contribution < 1.29 is 18.0 Å². The van der Waals surface area contributed by atoms with Crippen molar-refractivity contribution in [2.45, 2.75) is 13.1 Å². The molecule has 2 nitrogen and oxygen atoms in total. The summed E-state index contributed by atoms with van der Waals surface area (Å²) >= 11 is 0. The number of halogens is 3. The Balaban J connectivity index is 2.29. The summed E-state index contributed by atoms with van der Waals surface area (Å²) in [5.74, 6) is -0.437. The molecule has 20 heavy (non-hydrogen) atoms. The van der Waals surface area contributed by atoms with Gasteiger partial charge in [0, 0.05) is 11.3 Å². The molecule has 0 aromatic heterocycles. The fourth-order valence-electron chi connectivity index (χ4n) is 1.86. The third kappa shape index (κ3) is 2.99. The van der Waals surface area contributed by atoms with Gasteiger partial charge in [-0.25, -0.2) is 0 Å². The Kier molecular flexibility index (Phi) is 3.79. The number of rotatable bonds is 2. The minimum absolute atomic E-state index is 0.00396. The van der Waals surface area contributed by atoms with E-state index in [1.165, 1.54) is 19.1 Å². The van der Waals surface area contributed by atoms with Gasteiger partial charge in [0.05, 0.1) is 5.56 Å². The van der Waals surface area contributed by atoms with Crippen molar-refractivity contribution in [1.29, 1.82) is 0 Å². The number of carbonyl (C=O) groups excluding carboxylic acids is 1. The molecule has 0 fully saturated rings. The predicted molar refractivity (Wildman–Crippen MR) is 70.6 cm³/mol. The zero-order chi connectivity index (χ0) is 14.8. The first-order valence-corrected chi connectivity index (χ1v) is 5.93. The Morgan fingerprint density at radius 3 is 2.25 bits per heavy atom. The number of hydrogen-bond acceptors (Lipinski definition) is 1. The van der Waals surface area contributed by atoms with Crippen LogP contribution in [0.1, 0.15) is 21.5 Å². The van der Waals surface area contributed by atoms with Gasteiger partial charge in [0.2, 0.25) is 0 Å². The molecule has 1 N–H and O–H groups in total. The van der Waals surface area contributed by atoms with Crippen LogP contribution in [-0.2, 0) is 6.18 Å². The smallest absolute Gasteiger partial charge is 0.322 e. The second-order valence-corrected chi connectivity index (χ2v) is 4.30. The van der Waals surface area contributed by atoms with Gasteiger partial charge in [-0.1, -0.05) is 24.3 Å². The van der Waals surface area contributed by atoms with E-state index in [-0.39, 0.29) is 11.3 Å². The van der Waals surface area contributed by atoms with Crippen LogP contribution in [-0.4, -0.2) is 5.91 Å². The lowest BCUT2D eigenvalue weighted by atomic mass is 10.1. The van der Waals surface area contributed by atoms with E-state index < -0.39 is 17.6 Å². The first kappa shape index (κ1) is 14.1. The molecule has 1 amide bonds. The SMILES string of the molecule is Cc1c(NC(=O)c2ccccc2)cccc1C(F)(F)F. The van der Waals surface area contributed by atoms with Crippen LogP contribution in [0.15, 0.2) is 48.5 Å². The number of carbonyl (C=O) groups is 1. The van der Waals surface area contributed by atoms with Crippen molar-refractivity contribution in [2.75, 3.05) is 5.32 Å². The van der Waals surface area contributed by atoms with Gasteiger partial charge in [-0.2, -0.15) is 13.2 Å². The van der Waals surface area contributed by atoms with Crippen molar-refractivity contribution in [3.63, 3.8) is 0 Å². The quantitative estimate of drug-likeness (QED) is 0.874. The van der Waals surface area contributed by atoms with E-state index in [1.54, 1.807) is 30.3 Å². The van der Waals surface area contributed by atoms with Crippen LogP contribution in [0.3, 0.4) is 0 Å². The van der Waals surface area contributed by atoms with Crippen molar-refractivity contribution in [2.24, 2.45) is 0 Å². The van der Waals surface area contributed by atoms with Gasteiger partial charge in [0.1, 0.15) is 0 Å². The van der Waals surface area contributed by atoms with Crippen LogP contribution < -0.4 is 5.32 Å². The Morgan fingerprint density at radius 1 is 1.00 bits per heavy atom. The summed E-state index contributed by atoms with van der Waals surface area (Å²) in [6.45, 7) is 1.34. The third-order valence-corrected chi connectivity index (χ3v) is 2.92. The van der Waals surface area contributed by atoms with Gasteiger partial charge in [-0.15, -0.1) is 0 Å². The minimum Gasteiger partial charge on any atom is -0.322 e. The summed E-state index contributed by atoms with van der Waals surface area (Å²) in [6.07, 6.45) is -4.43. The molecule has 2 aromatic carbocycles. The molecule has 0 aliphatic carbocycles. The van der Waals surface area contributed by atoms with E-state index in [0.717, 1.165) is 6.07 Å². The molecule has 0 saturated carbocycles. The lowest BCUT2D eigenvalue weighted by molar-refractivity contribution is -0.138. The van der Waals surface area contributed by atoms with E-state index in [1.807, 2.05) is 0 Å². The molecule has 2 rings (SSSR count). The normalized spacial score (nSPS) is 11.2. The topological polar surface area (TPSA) is 29.1 Å². The number of anilines is 1. The minimum atomic E-state index is -4.43. The zero-order valence-corrected chi connectivity index (χ0v) is 10.7. The van der Waals surface area contributed by atoms with Crippen LogP contribution in [0, 0.1) is 6.92 Å². The average molecular weight is 279 g/mol. The number of amides is 1. The molecule has 0 spiro atoms. The Hall–Kier alpha value is -2.30. The van der Waals surface area contributed by atoms with Crippen LogP contribution in [0.4, 0.5) is 18.9 Å². The highest BCUT2D eigenvalue weighted by molar-refractivity contribution is 6.04. The second kappa shape index (κ2) is 5.36. The molecule has 104 valence electrons. The van der Waals surface area contributed by atoms with Gasteiger partial charge in [0.25, 0.3) is 5.91 Å². The Morgan fingerprint density at radius 2 is 1.65 bits per heavy atom. The molecule has 0 aliphatic heterocycles. The van der Waals surface area contributed by atoms with E-state index >= 15 is 0 Å². The zero-order valence-electron chi connectivity index (χ0n) is 10.7. The van der Waals surface area contributed by atoms with Gasteiger partial charge >= 0.3 is 6.18 Å². The number of benzene rings is 2. The molecule has 0 aliphatic rings. The number of nitrogens with one attached hydrogen (secondary N) is 1. The molecular weight excluding hydrogens is 267 g/mol. The van der Waals surface area contributed by atoms with Gasteiger partial charge in [-0.05, 0) is 36.8 Å². The summed E-state index contributed by atoms with van der Waals surface area (Å²) in [5, 5.41) is 2.50. The fourth-order valence-corrected chi connectivity index (χ4v) is 1.86. The molecular formula is C15H12F3NO. The molecule has 0 bridgehead atoms. The molecule has 5 heteroatoms. The largest absolute Gasteiger partial charge is 0.416 e. The Bertz CT molecular complexity index is 621. The van der Waals surface area contributed by atoms with Crippen molar-refractivity contribution in [1.82, 2.24) is 0 Å². The number of alkyl halides is 3. The standard InChI is InChI=1S/C15H12F3NO/c1-10-12(15(16,17)18)8-5-9-13(10)19-14(20)11-6-3-2-4-7-11/h2-9H,1H3,(H,19,20). The van der Waals surface area contributed by atoms with Crippen LogP contribution in [0.5, 0.6) is 0 Å². The molecule has 0 saturated heterocycles. The van der Waals surface area contributed by atoms with E-state index in [9.17, 15) is 18.0 Å². The highest BCUT2D eigenvalue weighted by atomic mass is 19.4. The van der Waals surface area contributed by atoms with Gasteiger partial charge < -0.3 is 5.32 Å². The third-order valence-electron chi connectivity index (χ3n) is 2.92. The summed E-state index contributed by atoms with van der Waals surface area (Å²) in [5.41, 5.74) is -0.189. The van der Waals surface area contributed by atoms with Crippen LogP contribution in [0.25, 0.3) is 0 Å². The summed E-state index contributed by atoms with van der Waals surface area (Å²) in [7, 11) is 0. The van der Waals surface area contributed by atoms with Crippen molar-refractivity contribution in [3.8, 4) is 0 Å². The van der Waals surface area contributed by atoms with E-state index in [4.69, 9.17) is 0 Å². The lowest BCUT2D eigenvalue weighted by Gasteiger charge is -2.14. The maximum atomic E-state index is 12.8. The highest BCUT2D eigenvalue weighted by Crippen LogP contribution is 2.34. The average Bonchev–Trinajstić information content (AvgIpc) is 2.40. The summed E-state index contributed by atoms with van der Waals surface area (Å²) < 4.78 is 38.3. The summed E-state index contributed by atoms with van der Waals surface area (Å²) in [4.78, 5) is 11.9. The highest BCUT2D eigenvalue weighted by Gasteiger charge is 2.33. The first-order valence-electron chi connectivity index (χ1n) is 5.93. The first-order chi connectivity index (χ1) is 9.39. The van der Waals surface area contributed by atoms with Gasteiger partial charge in [-0.3, -0.25) is 4.79 Å².